The molecule has 1 aromatic heterocycles. The summed E-state index contributed by atoms with van der Waals surface area (Å²) in [5, 5.41) is 0.896. The first-order valence-electron chi connectivity index (χ1n) is 10.7. The minimum atomic E-state index is -0.311. The summed E-state index contributed by atoms with van der Waals surface area (Å²) in [6.07, 6.45) is 0. The van der Waals surface area contributed by atoms with Gasteiger partial charge < -0.3 is 24.1 Å². The zero-order valence-corrected chi connectivity index (χ0v) is 19.5. The second kappa shape index (κ2) is 9.70. The first kappa shape index (κ1) is 22.9. The Hall–Kier alpha value is -4.26. The second-order valence-corrected chi connectivity index (χ2v) is 7.85. The number of amides is 1. The third-order valence-corrected chi connectivity index (χ3v) is 5.66. The zero-order valence-electron chi connectivity index (χ0n) is 19.5. The van der Waals surface area contributed by atoms with Crippen LogP contribution in [0.4, 0.5) is 5.69 Å². The average Bonchev–Trinajstić information content (AvgIpc) is 2.86. The van der Waals surface area contributed by atoms with Gasteiger partial charge in [-0.2, -0.15) is 0 Å². The van der Waals surface area contributed by atoms with Crippen LogP contribution in [0.25, 0.3) is 10.9 Å². The van der Waals surface area contributed by atoms with Gasteiger partial charge in [0.25, 0.3) is 11.5 Å². The molecule has 0 aliphatic carbocycles. The highest BCUT2D eigenvalue weighted by Gasteiger charge is 2.24. The van der Waals surface area contributed by atoms with Gasteiger partial charge in [-0.05, 0) is 60.8 Å². The molecule has 0 spiro atoms. The van der Waals surface area contributed by atoms with Crippen LogP contribution in [0.3, 0.4) is 0 Å². The molecule has 3 aromatic carbocycles. The van der Waals surface area contributed by atoms with E-state index in [0.717, 1.165) is 16.5 Å². The van der Waals surface area contributed by atoms with Gasteiger partial charge in [-0.1, -0.05) is 23.8 Å². The summed E-state index contributed by atoms with van der Waals surface area (Å²) < 4.78 is 16.2. The van der Waals surface area contributed by atoms with E-state index in [-0.39, 0.29) is 18.0 Å². The number of nitrogens with zero attached hydrogens (tertiary/aromatic N) is 1. The van der Waals surface area contributed by atoms with E-state index < -0.39 is 0 Å². The fourth-order valence-electron chi connectivity index (χ4n) is 3.90. The molecule has 0 radical (unpaired) electrons. The highest BCUT2D eigenvalue weighted by Crippen LogP contribution is 2.33. The fourth-order valence-corrected chi connectivity index (χ4v) is 3.90. The minimum absolute atomic E-state index is 0.0484. The van der Waals surface area contributed by atoms with Crippen LogP contribution in [-0.4, -0.2) is 32.2 Å². The van der Waals surface area contributed by atoms with E-state index in [2.05, 4.69) is 4.98 Å². The third-order valence-electron chi connectivity index (χ3n) is 5.66. The molecule has 174 valence electrons. The number of aryl methyl sites for hydroxylation is 1. The third kappa shape index (κ3) is 4.45. The van der Waals surface area contributed by atoms with Crippen LogP contribution in [0.15, 0.2) is 71.5 Å². The van der Waals surface area contributed by atoms with Gasteiger partial charge in [0.2, 0.25) is 0 Å². The molecule has 1 N–H and O–H groups in total. The number of benzene rings is 3. The van der Waals surface area contributed by atoms with Crippen molar-refractivity contribution in [3.05, 3.63) is 93.8 Å². The maximum atomic E-state index is 13.8. The SMILES string of the molecule is COc1ccc(C(=O)N(Cc2cc3cc(C)ccc3[nH]c2=O)c2ccccc2OC)cc1OC. The molecule has 7 heteroatoms. The molecule has 0 aliphatic heterocycles. The van der Waals surface area contributed by atoms with Crippen LogP contribution in [0.1, 0.15) is 21.5 Å². The van der Waals surface area contributed by atoms with Crippen molar-refractivity contribution in [1.29, 1.82) is 0 Å². The first-order valence-corrected chi connectivity index (χ1v) is 10.7. The van der Waals surface area contributed by atoms with Crippen molar-refractivity contribution in [2.75, 3.05) is 26.2 Å². The number of aromatic amines is 1. The predicted octanol–water partition coefficient (Wildman–Crippen LogP) is 4.71. The largest absolute Gasteiger partial charge is 0.495 e. The number of carbonyl (C=O) groups is 1. The van der Waals surface area contributed by atoms with Crippen molar-refractivity contribution < 1.29 is 19.0 Å². The van der Waals surface area contributed by atoms with Gasteiger partial charge in [-0.15, -0.1) is 0 Å². The van der Waals surface area contributed by atoms with Gasteiger partial charge >= 0.3 is 0 Å². The summed E-state index contributed by atoms with van der Waals surface area (Å²) in [6, 6.07) is 19.8. The molecule has 4 rings (SSSR count). The Labute approximate surface area is 197 Å². The molecule has 7 nitrogen and oxygen atoms in total. The van der Waals surface area contributed by atoms with E-state index in [4.69, 9.17) is 14.2 Å². The quantitative estimate of drug-likeness (QED) is 0.434. The lowest BCUT2D eigenvalue weighted by Gasteiger charge is -2.25. The summed E-state index contributed by atoms with van der Waals surface area (Å²) in [4.78, 5) is 31.2. The minimum Gasteiger partial charge on any atom is -0.495 e. The van der Waals surface area contributed by atoms with Crippen molar-refractivity contribution in [2.45, 2.75) is 13.5 Å². The Morgan fingerprint density at radius 1 is 0.853 bits per heavy atom. The second-order valence-electron chi connectivity index (χ2n) is 7.85. The van der Waals surface area contributed by atoms with Gasteiger partial charge in [-0.3, -0.25) is 9.59 Å². The van der Waals surface area contributed by atoms with Crippen molar-refractivity contribution in [1.82, 2.24) is 4.98 Å². The molecule has 0 unspecified atom stereocenters. The average molecular weight is 459 g/mol. The molecular weight excluding hydrogens is 432 g/mol. The molecule has 1 heterocycles. The van der Waals surface area contributed by atoms with Crippen LogP contribution >= 0.6 is 0 Å². The number of H-pyrrole nitrogens is 1. The summed E-state index contributed by atoms with van der Waals surface area (Å²) in [5.74, 6) is 1.16. The van der Waals surface area contributed by atoms with Crippen molar-refractivity contribution >= 4 is 22.5 Å². The smallest absolute Gasteiger partial charge is 0.258 e. The molecule has 0 bridgehead atoms. The van der Waals surface area contributed by atoms with Crippen LogP contribution in [0.5, 0.6) is 17.2 Å². The lowest BCUT2D eigenvalue weighted by Crippen LogP contribution is -2.33. The standard InChI is InChI=1S/C27H26N2O5/c1-17-9-11-21-19(13-17)14-20(26(30)28-21)16-29(22-7-5-6-8-23(22)32-2)27(31)18-10-12-24(33-3)25(15-18)34-4/h5-15H,16H2,1-4H3,(H,28,30). The van der Waals surface area contributed by atoms with E-state index in [0.29, 0.717) is 34.1 Å². The lowest BCUT2D eigenvalue weighted by molar-refractivity contribution is 0.0984. The van der Waals surface area contributed by atoms with E-state index in [1.54, 1.807) is 37.4 Å². The topological polar surface area (TPSA) is 80.9 Å². The summed E-state index contributed by atoms with van der Waals surface area (Å²) in [7, 11) is 4.60. The molecule has 0 saturated heterocycles. The predicted molar refractivity (Wildman–Crippen MR) is 132 cm³/mol. The summed E-state index contributed by atoms with van der Waals surface area (Å²) in [5.41, 5.74) is 2.96. The maximum absolute atomic E-state index is 13.8. The van der Waals surface area contributed by atoms with Crippen LogP contribution < -0.4 is 24.7 Å². The summed E-state index contributed by atoms with van der Waals surface area (Å²) in [6.45, 7) is 2.04. The molecule has 1 amide bonds. The number of aromatic nitrogens is 1. The number of fused-ring (bicyclic) bond motifs is 1. The monoisotopic (exact) mass is 458 g/mol. The maximum Gasteiger partial charge on any atom is 0.258 e. The van der Waals surface area contributed by atoms with Gasteiger partial charge in [0, 0.05) is 16.6 Å². The molecule has 0 saturated carbocycles. The fraction of sp³-hybridized carbons (Fsp3) is 0.185. The number of ether oxygens (including phenoxy) is 3. The van der Waals surface area contributed by atoms with E-state index in [1.807, 2.05) is 43.3 Å². The number of hydrogen-bond acceptors (Lipinski definition) is 5. The Balaban J connectivity index is 1.83. The lowest BCUT2D eigenvalue weighted by atomic mass is 10.1. The Bertz CT molecular complexity index is 1410. The van der Waals surface area contributed by atoms with Gasteiger partial charge in [0.1, 0.15) is 5.75 Å². The highest BCUT2D eigenvalue weighted by molar-refractivity contribution is 6.07. The number of methoxy groups -OCH3 is 3. The number of hydrogen-bond donors (Lipinski definition) is 1. The molecule has 34 heavy (non-hydrogen) atoms. The van der Waals surface area contributed by atoms with E-state index >= 15 is 0 Å². The van der Waals surface area contributed by atoms with Crippen molar-refractivity contribution in [2.24, 2.45) is 0 Å². The van der Waals surface area contributed by atoms with E-state index in [9.17, 15) is 9.59 Å². The number of para-hydroxylation sites is 2. The Morgan fingerprint density at radius 2 is 1.59 bits per heavy atom. The number of carbonyl (C=O) groups excluding carboxylic acids is 1. The van der Waals surface area contributed by atoms with Crippen LogP contribution in [0.2, 0.25) is 0 Å². The highest BCUT2D eigenvalue weighted by atomic mass is 16.5. The molecule has 0 fully saturated rings. The Morgan fingerprint density at radius 3 is 2.32 bits per heavy atom. The van der Waals surface area contributed by atoms with E-state index in [1.165, 1.54) is 19.1 Å². The summed E-state index contributed by atoms with van der Waals surface area (Å²) >= 11 is 0. The van der Waals surface area contributed by atoms with Gasteiger partial charge in [-0.25, -0.2) is 0 Å². The first-order chi connectivity index (χ1) is 16.4. The van der Waals surface area contributed by atoms with Crippen molar-refractivity contribution in [3.8, 4) is 17.2 Å². The Kier molecular flexibility index (Phi) is 6.54. The molecule has 0 aliphatic rings. The van der Waals surface area contributed by atoms with Gasteiger partial charge in [0.05, 0.1) is 33.6 Å². The van der Waals surface area contributed by atoms with Crippen molar-refractivity contribution in [3.63, 3.8) is 0 Å². The number of nitrogens with one attached hydrogen (secondary N) is 1. The molecule has 0 atom stereocenters. The van der Waals surface area contributed by atoms with Crippen LogP contribution in [-0.2, 0) is 6.54 Å². The zero-order chi connectivity index (χ0) is 24.2. The normalized spacial score (nSPS) is 10.7. The number of anilines is 1. The molecule has 4 aromatic rings. The van der Waals surface area contributed by atoms with Gasteiger partial charge in [0.15, 0.2) is 11.5 Å². The molecular formula is C27H26N2O5. The van der Waals surface area contributed by atoms with Crippen LogP contribution in [0, 0.1) is 6.92 Å². The number of pyridine rings is 1. The number of rotatable bonds is 7.